The molecule has 146 valence electrons. The normalized spacial score (nSPS) is 18.5. The van der Waals surface area contributed by atoms with Crippen molar-refractivity contribution in [3.8, 4) is 0 Å². The van der Waals surface area contributed by atoms with Crippen molar-refractivity contribution in [1.29, 1.82) is 0 Å². The van der Waals surface area contributed by atoms with Gasteiger partial charge in [-0.05, 0) is 69.0 Å². The number of carbonyl (C=O) groups excluding carboxylic acids is 1. The van der Waals surface area contributed by atoms with Gasteiger partial charge < -0.3 is 5.32 Å². The zero-order valence-electron chi connectivity index (χ0n) is 16.7. The van der Waals surface area contributed by atoms with E-state index in [0.717, 1.165) is 35.5 Å². The van der Waals surface area contributed by atoms with Gasteiger partial charge in [-0.3, -0.25) is 9.69 Å². The van der Waals surface area contributed by atoms with Crippen molar-refractivity contribution in [2.24, 2.45) is 0 Å². The molecule has 2 atom stereocenters. The smallest absolute Gasteiger partial charge is 0.234 e. The van der Waals surface area contributed by atoms with Crippen molar-refractivity contribution < 1.29 is 4.79 Å². The summed E-state index contributed by atoms with van der Waals surface area (Å²) in [6.45, 7) is 7.65. The summed E-state index contributed by atoms with van der Waals surface area (Å²) in [5.41, 5.74) is 4.75. The van der Waals surface area contributed by atoms with Crippen LogP contribution in [0.4, 0.5) is 0 Å². The molecule has 1 aliphatic rings. The zero-order chi connectivity index (χ0) is 19.7. The standard InChI is InChI=1S/C23H27N3OS/c1-15-10-11-18(13-16(15)2)17(3)24-22(27)14-26-12-6-8-20(26)23-25-19-7-4-5-9-21(19)28-23/h4-5,7,9-11,13,17,20H,6,8,12,14H2,1-3H3,(H,24,27). The van der Waals surface area contributed by atoms with Crippen molar-refractivity contribution in [1.82, 2.24) is 15.2 Å². The Morgan fingerprint density at radius 1 is 1.25 bits per heavy atom. The van der Waals surface area contributed by atoms with E-state index in [1.165, 1.54) is 15.8 Å². The molecule has 0 saturated carbocycles. The molecule has 1 N–H and O–H groups in total. The molecule has 1 aromatic heterocycles. The lowest BCUT2D eigenvalue weighted by Crippen LogP contribution is -2.38. The van der Waals surface area contributed by atoms with Gasteiger partial charge in [0, 0.05) is 0 Å². The van der Waals surface area contributed by atoms with E-state index in [-0.39, 0.29) is 18.0 Å². The van der Waals surface area contributed by atoms with E-state index in [0.29, 0.717) is 6.54 Å². The fraction of sp³-hybridized carbons (Fsp3) is 0.391. The average Bonchev–Trinajstić information content (AvgIpc) is 3.29. The predicted octanol–water partition coefficient (Wildman–Crippen LogP) is 4.93. The second kappa shape index (κ2) is 8.02. The Morgan fingerprint density at radius 2 is 2.07 bits per heavy atom. The minimum atomic E-state index is 0.00954. The summed E-state index contributed by atoms with van der Waals surface area (Å²) in [7, 11) is 0. The molecule has 1 saturated heterocycles. The maximum Gasteiger partial charge on any atom is 0.234 e. The van der Waals surface area contributed by atoms with Gasteiger partial charge in [0.1, 0.15) is 5.01 Å². The van der Waals surface area contributed by atoms with Gasteiger partial charge in [0.05, 0.1) is 28.8 Å². The SMILES string of the molecule is Cc1ccc(C(C)NC(=O)CN2CCCC2c2nc3ccccc3s2)cc1C. The summed E-state index contributed by atoms with van der Waals surface area (Å²) in [6, 6.07) is 14.9. The third kappa shape index (κ3) is 3.96. The van der Waals surface area contributed by atoms with E-state index in [1.54, 1.807) is 11.3 Å². The van der Waals surface area contributed by atoms with Crippen LogP contribution in [0.1, 0.15) is 53.5 Å². The number of fused-ring (bicyclic) bond motifs is 1. The second-order valence-electron chi connectivity index (χ2n) is 7.78. The molecule has 0 bridgehead atoms. The van der Waals surface area contributed by atoms with Gasteiger partial charge >= 0.3 is 0 Å². The van der Waals surface area contributed by atoms with E-state index >= 15 is 0 Å². The minimum absolute atomic E-state index is 0.00954. The van der Waals surface area contributed by atoms with Gasteiger partial charge in [-0.15, -0.1) is 11.3 Å². The molecule has 28 heavy (non-hydrogen) atoms. The number of thiazole rings is 1. The number of likely N-dealkylation sites (tertiary alicyclic amines) is 1. The topological polar surface area (TPSA) is 45.2 Å². The summed E-state index contributed by atoms with van der Waals surface area (Å²) < 4.78 is 1.22. The molecule has 2 aromatic carbocycles. The fourth-order valence-corrected chi connectivity index (χ4v) is 5.05. The highest BCUT2D eigenvalue weighted by molar-refractivity contribution is 7.18. The number of hydrogen-bond acceptors (Lipinski definition) is 4. The number of para-hydroxylation sites is 1. The van der Waals surface area contributed by atoms with Crippen LogP contribution < -0.4 is 5.32 Å². The van der Waals surface area contributed by atoms with Crippen molar-refractivity contribution in [2.75, 3.05) is 13.1 Å². The van der Waals surface area contributed by atoms with Gasteiger partial charge in [-0.1, -0.05) is 30.3 Å². The molecule has 4 nitrogen and oxygen atoms in total. The molecule has 3 aromatic rings. The lowest BCUT2D eigenvalue weighted by atomic mass is 10.0. The van der Waals surface area contributed by atoms with Crippen molar-refractivity contribution in [2.45, 2.75) is 45.7 Å². The summed E-state index contributed by atoms with van der Waals surface area (Å²) in [4.78, 5) is 19.8. The first-order chi connectivity index (χ1) is 13.5. The van der Waals surface area contributed by atoms with Crippen LogP contribution in [0.2, 0.25) is 0 Å². The molecule has 0 aliphatic carbocycles. The Morgan fingerprint density at radius 3 is 2.86 bits per heavy atom. The van der Waals surface area contributed by atoms with Crippen LogP contribution in [0.25, 0.3) is 10.2 Å². The van der Waals surface area contributed by atoms with Crippen LogP contribution in [0.15, 0.2) is 42.5 Å². The molecule has 1 aliphatic heterocycles. The first kappa shape index (κ1) is 19.1. The number of rotatable bonds is 5. The Labute approximate surface area is 170 Å². The number of carbonyl (C=O) groups is 1. The Bertz CT molecular complexity index is 963. The maximum absolute atomic E-state index is 12.7. The molecule has 5 heteroatoms. The summed E-state index contributed by atoms with van der Waals surface area (Å²) in [5, 5.41) is 4.30. The number of nitrogens with one attached hydrogen (secondary N) is 1. The molecule has 0 spiro atoms. The largest absolute Gasteiger partial charge is 0.348 e. The van der Waals surface area contributed by atoms with Crippen molar-refractivity contribution in [3.63, 3.8) is 0 Å². The Hall–Kier alpha value is -2.24. The lowest BCUT2D eigenvalue weighted by Gasteiger charge is -2.23. The molecular formula is C23H27N3OS. The molecule has 1 amide bonds. The number of benzene rings is 2. The first-order valence-corrected chi connectivity index (χ1v) is 10.8. The highest BCUT2D eigenvalue weighted by Crippen LogP contribution is 2.36. The highest BCUT2D eigenvalue weighted by atomic mass is 32.1. The van der Waals surface area contributed by atoms with E-state index < -0.39 is 0 Å². The van der Waals surface area contributed by atoms with Crippen LogP contribution in [0.3, 0.4) is 0 Å². The number of nitrogens with zero attached hydrogens (tertiary/aromatic N) is 2. The number of aryl methyl sites for hydroxylation is 2. The zero-order valence-corrected chi connectivity index (χ0v) is 17.6. The van der Waals surface area contributed by atoms with E-state index in [1.807, 2.05) is 6.07 Å². The quantitative estimate of drug-likeness (QED) is 0.669. The third-order valence-electron chi connectivity index (χ3n) is 5.71. The van der Waals surface area contributed by atoms with Gasteiger partial charge in [0.25, 0.3) is 0 Å². The lowest BCUT2D eigenvalue weighted by molar-refractivity contribution is -0.123. The number of hydrogen-bond donors (Lipinski definition) is 1. The second-order valence-corrected chi connectivity index (χ2v) is 8.84. The molecule has 0 radical (unpaired) electrons. The summed E-state index contributed by atoms with van der Waals surface area (Å²) in [6.07, 6.45) is 2.18. The Balaban J connectivity index is 1.42. The van der Waals surface area contributed by atoms with Crippen LogP contribution in [-0.2, 0) is 4.79 Å². The van der Waals surface area contributed by atoms with Gasteiger partial charge in [-0.2, -0.15) is 0 Å². The monoisotopic (exact) mass is 393 g/mol. The van der Waals surface area contributed by atoms with Crippen LogP contribution >= 0.6 is 11.3 Å². The maximum atomic E-state index is 12.7. The van der Waals surface area contributed by atoms with Crippen LogP contribution in [0, 0.1) is 13.8 Å². The number of amides is 1. The first-order valence-electron chi connectivity index (χ1n) is 9.97. The fourth-order valence-electron chi connectivity index (χ4n) is 3.92. The Kier molecular flexibility index (Phi) is 5.47. The molecule has 4 rings (SSSR count). The minimum Gasteiger partial charge on any atom is -0.348 e. The molecule has 2 unspecified atom stereocenters. The predicted molar refractivity (Wildman–Crippen MR) is 116 cm³/mol. The highest BCUT2D eigenvalue weighted by Gasteiger charge is 2.30. The third-order valence-corrected chi connectivity index (χ3v) is 6.85. The number of aromatic nitrogens is 1. The van der Waals surface area contributed by atoms with Gasteiger partial charge in [0.15, 0.2) is 0 Å². The molecule has 1 fully saturated rings. The van der Waals surface area contributed by atoms with Gasteiger partial charge in [-0.25, -0.2) is 4.98 Å². The van der Waals surface area contributed by atoms with Crippen LogP contribution in [0.5, 0.6) is 0 Å². The van der Waals surface area contributed by atoms with Crippen molar-refractivity contribution in [3.05, 3.63) is 64.2 Å². The van der Waals surface area contributed by atoms with E-state index in [4.69, 9.17) is 4.98 Å². The van der Waals surface area contributed by atoms with Gasteiger partial charge in [0.2, 0.25) is 5.91 Å². The summed E-state index contributed by atoms with van der Waals surface area (Å²) in [5.74, 6) is 0.0822. The van der Waals surface area contributed by atoms with Crippen LogP contribution in [-0.4, -0.2) is 28.9 Å². The summed E-state index contributed by atoms with van der Waals surface area (Å²) >= 11 is 1.75. The van der Waals surface area contributed by atoms with Crippen molar-refractivity contribution >= 4 is 27.5 Å². The molecular weight excluding hydrogens is 366 g/mol. The average molecular weight is 394 g/mol. The molecule has 2 heterocycles. The van der Waals surface area contributed by atoms with E-state index in [2.05, 4.69) is 67.4 Å². The van der Waals surface area contributed by atoms with E-state index in [9.17, 15) is 4.79 Å².